The second kappa shape index (κ2) is 3.47. The van der Waals surface area contributed by atoms with Crippen molar-refractivity contribution in [3.05, 3.63) is 53.8 Å². The Labute approximate surface area is 108 Å². The molecular weight excluding hydrogens is 246 g/mol. The number of hydrogen-bond acceptors (Lipinski definition) is 2. The SMILES string of the molecule is Clc1ccc2c(c1)oc1cc3ccncc3cc12. The fourth-order valence-corrected chi connectivity index (χ4v) is 2.49. The van der Waals surface area contributed by atoms with Gasteiger partial charge in [0.1, 0.15) is 11.2 Å². The van der Waals surface area contributed by atoms with Crippen LogP contribution in [-0.2, 0) is 0 Å². The molecule has 0 atom stereocenters. The van der Waals surface area contributed by atoms with E-state index in [1.807, 2.05) is 36.5 Å². The standard InChI is InChI=1S/C15H8ClNO/c16-11-1-2-12-13-5-10-8-17-4-3-9(10)6-14(13)18-15(12)7-11/h1-8H. The average molecular weight is 254 g/mol. The number of aromatic nitrogens is 1. The Morgan fingerprint density at radius 3 is 2.72 bits per heavy atom. The molecule has 0 unspecified atom stereocenters. The van der Waals surface area contributed by atoms with E-state index < -0.39 is 0 Å². The van der Waals surface area contributed by atoms with E-state index in [9.17, 15) is 0 Å². The van der Waals surface area contributed by atoms with Crippen LogP contribution in [0.2, 0.25) is 5.02 Å². The van der Waals surface area contributed by atoms with E-state index in [1.165, 1.54) is 0 Å². The zero-order valence-electron chi connectivity index (χ0n) is 9.35. The third-order valence-corrected chi connectivity index (χ3v) is 3.43. The van der Waals surface area contributed by atoms with Gasteiger partial charge in [-0.25, -0.2) is 0 Å². The molecule has 0 radical (unpaired) electrons. The first kappa shape index (κ1) is 9.92. The Balaban J connectivity index is 2.23. The van der Waals surface area contributed by atoms with E-state index in [2.05, 4.69) is 11.1 Å². The van der Waals surface area contributed by atoms with E-state index in [-0.39, 0.29) is 0 Å². The fraction of sp³-hybridized carbons (Fsp3) is 0. The van der Waals surface area contributed by atoms with E-state index in [0.717, 1.165) is 32.7 Å². The van der Waals surface area contributed by atoms with Crippen molar-refractivity contribution >= 4 is 44.3 Å². The molecule has 0 bridgehead atoms. The van der Waals surface area contributed by atoms with E-state index >= 15 is 0 Å². The summed E-state index contributed by atoms with van der Waals surface area (Å²) in [5, 5.41) is 5.11. The van der Waals surface area contributed by atoms with Gasteiger partial charge in [-0.15, -0.1) is 0 Å². The summed E-state index contributed by atoms with van der Waals surface area (Å²) in [7, 11) is 0. The maximum Gasteiger partial charge on any atom is 0.136 e. The van der Waals surface area contributed by atoms with Gasteiger partial charge in [0.25, 0.3) is 0 Å². The molecule has 86 valence electrons. The van der Waals surface area contributed by atoms with E-state index in [4.69, 9.17) is 16.0 Å². The number of fused-ring (bicyclic) bond motifs is 4. The molecule has 2 aromatic carbocycles. The van der Waals surface area contributed by atoms with Gasteiger partial charge >= 0.3 is 0 Å². The van der Waals surface area contributed by atoms with Crippen molar-refractivity contribution < 1.29 is 4.42 Å². The summed E-state index contributed by atoms with van der Waals surface area (Å²) in [5.74, 6) is 0. The fourth-order valence-electron chi connectivity index (χ4n) is 2.33. The molecule has 0 aliphatic rings. The van der Waals surface area contributed by atoms with Crippen LogP contribution in [0, 0.1) is 0 Å². The Morgan fingerprint density at radius 1 is 0.889 bits per heavy atom. The molecule has 0 saturated heterocycles. The van der Waals surface area contributed by atoms with Crippen molar-refractivity contribution in [2.45, 2.75) is 0 Å². The van der Waals surface area contributed by atoms with Gasteiger partial charge in [-0.05, 0) is 35.7 Å². The lowest BCUT2D eigenvalue weighted by atomic mass is 10.1. The molecule has 2 heterocycles. The summed E-state index contributed by atoms with van der Waals surface area (Å²) >= 11 is 5.98. The van der Waals surface area contributed by atoms with Crippen molar-refractivity contribution in [3.63, 3.8) is 0 Å². The largest absolute Gasteiger partial charge is 0.456 e. The van der Waals surface area contributed by atoms with Crippen LogP contribution in [0.5, 0.6) is 0 Å². The minimum absolute atomic E-state index is 0.688. The molecule has 0 aliphatic heterocycles. The number of rotatable bonds is 0. The first-order valence-corrected chi connectivity index (χ1v) is 6.05. The highest BCUT2D eigenvalue weighted by molar-refractivity contribution is 6.31. The predicted octanol–water partition coefficient (Wildman–Crippen LogP) is 4.79. The van der Waals surface area contributed by atoms with Crippen LogP contribution >= 0.6 is 11.6 Å². The number of nitrogens with zero attached hydrogens (tertiary/aromatic N) is 1. The van der Waals surface area contributed by atoms with Gasteiger partial charge in [0.2, 0.25) is 0 Å². The van der Waals surface area contributed by atoms with Crippen LogP contribution < -0.4 is 0 Å². The second-order valence-electron chi connectivity index (χ2n) is 4.31. The van der Waals surface area contributed by atoms with Gasteiger partial charge in [-0.1, -0.05) is 11.6 Å². The first-order valence-electron chi connectivity index (χ1n) is 5.67. The molecular formula is C15H8ClNO. The Bertz CT molecular complexity index is 895. The molecule has 0 aliphatic carbocycles. The second-order valence-corrected chi connectivity index (χ2v) is 4.75. The van der Waals surface area contributed by atoms with Gasteiger partial charge in [-0.2, -0.15) is 0 Å². The highest BCUT2D eigenvalue weighted by atomic mass is 35.5. The summed E-state index contributed by atoms with van der Waals surface area (Å²) in [5.41, 5.74) is 1.70. The predicted molar refractivity (Wildman–Crippen MR) is 74.0 cm³/mol. The summed E-state index contributed by atoms with van der Waals surface area (Å²) in [6, 6.07) is 11.9. The van der Waals surface area contributed by atoms with Gasteiger partial charge in [0.15, 0.2) is 0 Å². The van der Waals surface area contributed by atoms with Crippen molar-refractivity contribution in [1.29, 1.82) is 0 Å². The molecule has 0 N–H and O–H groups in total. The minimum Gasteiger partial charge on any atom is -0.456 e. The summed E-state index contributed by atoms with van der Waals surface area (Å²) in [6.45, 7) is 0. The third-order valence-electron chi connectivity index (χ3n) is 3.19. The topological polar surface area (TPSA) is 26.0 Å². The monoisotopic (exact) mass is 253 g/mol. The summed E-state index contributed by atoms with van der Waals surface area (Å²) in [6.07, 6.45) is 3.65. The molecule has 0 saturated carbocycles. The highest BCUT2D eigenvalue weighted by Gasteiger charge is 2.08. The number of furan rings is 1. The Kier molecular flexibility index (Phi) is 1.91. The van der Waals surface area contributed by atoms with E-state index in [0.29, 0.717) is 5.02 Å². The summed E-state index contributed by atoms with van der Waals surface area (Å²) < 4.78 is 5.84. The minimum atomic E-state index is 0.688. The van der Waals surface area contributed by atoms with Crippen LogP contribution in [0.15, 0.2) is 53.2 Å². The lowest BCUT2D eigenvalue weighted by molar-refractivity contribution is 0.669. The maximum atomic E-state index is 5.98. The maximum absolute atomic E-state index is 5.98. The third kappa shape index (κ3) is 1.33. The lowest BCUT2D eigenvalue weighted by Crippen LogP contribution is -1.74. The smallest absolute Gasteiger partial charge is 0.136 e. The number of halogens is 1. The van der Waals surface area contributed by atoms with Crippen LogP contribution in [-0.4, -0.2) is 4.98 Å². The number of benzene rings is 2. The molecule has 4 rings (SSSR count). The number of pyridine rings is 1. The molecule has 3 heteroatoms. The van der Waals surface area contributed by atoms with E-state index in [1.54, 1.807) is 6.20 Å². The Hall–Kier alpha value is -2.06. The molecule has 4 aromatic rings. The van der Waals surface area contributed by atoms with Crippen LogP contribution in [0.3, 0.4) is 0 Å². The molecule has 0 fully saturated rings. The molecule has 0 amide bonds. The van der Waals surface area contributed by atoms with Crippen molar-refractivity contribution in [2.75, 3.05) is 0 Å². The van der Waals surface area contributed by atoms with Crippen molar-refractivity contribution in [1.82, 2.24) is 4.98 Å². The quantitative estimate of drug-likeness (QED) is 0.450. The molecule has 2 aromatic heterocycles. The van der Waals surface area contributed by atoms with Crippen LogP contribution in [0.4, 0.5) is 0 Å². The molecule has 0 spiro atoms. The van der Waals surface area contributed by atoms with Gasteiger partial charge in [0.05, 0.1) is 0 Å². The summed E-state index contributed by atoms with van der Waals surface area (Å²) in [4.78, 5) is 4.15. The van der Waals surface area contributed by atoms with Crippen LogP contribution in [0.1, 0.15) is 0 Å². The zero-order valence-corrected chi connectivity index (χ0v) is 10.1. The normalized spacial score (nSPS) is 11.6. The van der Waals surface area contributed by atoms with Gasteiger partial charge in [0, 0.05) is 39.6 Å². The Morgan fingerprint density at radius 2 is 1.78 bits per heavy atom. The molecule has 18 heavy (non-hydrogen) atoms. The first-order chi connectivity index (χ1) is 8.81. The van der Waals surface area contributed by atoms with Gasteiger partial charge < -0.3 is 4.42 Å². The highest BCUT2D eigenvalue weighted by Crippen LogP contribution is 2.33. The average Bonchev–Trinajstić information content (AvgIpc) is 2.72. The van der Waals surface area contributed by atoms with Gasteiger partial charge in [-0.3, -0.25) is 4.98 Å². The molecule has 2 nitrogen and oxygen atoms in total. The number of hydrogen-bond donors (Lipinski definition) is 0. The lowest BCUT2D eigenvalue weighted by Gasteiger charge is -1.96. The van der Waals surface area contributed by atoms with Crippen molar-refractivity contribution in [3.8, 4) is 0 Å². The van der Waals surface area contributed by atoms with Crippen molar-refractivity contribution in [2.24, 2.45) is 0 Å². The zero-order chi connectivity index (χ0) is 12.1. The van der Waals surface area contributed by atoms with Crippen LogP contribution in [0.25, 0.3) is 32.7 Å².